The SMILES string of the molecule is Cc1cc(CSc2ncccc2C(=O)NCC(=O)N2CCCCC2)no1. The van der Waals surface area contributed by atoms with E-state index in [-0.39, 0.29) is 18.4 Å². The van der Waals surface area contributed by atoms with Crippen molar-refractivity contribution in [2.45, 2.75) is 37.0 Å². The van der Waals surface area contributed by atoms with E-state index in [1.165, 1.54) is 11.8 Å². The summed E-state index contributed by atoms with van der Waals surface area (Å²) in [6.45, 7) is 3.40. The van der Waals surface area contributed by atoms with Gasteiger partial charge in [-0.05, 0) is 38.3 Å². The molecule has 1 aliphatic rings. The highest BCUT2D eigenvalue weighted by Gasteiger charge is 2.19. The van der Waals surface area contributed by atoms with Crippen molar-refractivity contribution >= 4 is 23.6 Å². The number of aryl methyl sites for hydroxylation is 1. The minimum Gasteiger partial charge on any atom is -0.361 e. The molecular weight excluding hydrogens is 352 g/mol. The smallest absolute Gasteiger partial charge is 0.254 e. The number of piperidine rings is 1. The number of carbonyl (C=O) groups excluding carboxylic acids is 2. The molecular formula is C18H22N4O3S. The molecule has 3 rings (SSSR count). The predicted molar refractivity (Wildman–Crippen MR) is 97.8 cm³/mol. The fourth-order valence-electron chi connectivity index (χ4n) is 2.81. The van der Waals surface area contributed by atoms with E-state index >= 15 is 0 Å². The van der Waals surface area contributed by atoms with Gasteiger partial charge in [0.15, 0.2) is 0 Å². The molecule has 1 saturated heterocycles. The maximum Gasteiger partial charge on any atom is 0.254 e. The van der Waals surface area contributed by atoms with E-state index in [9.17, 15) is 9.59 Å². The summed E-state index contributed by atoms with van der Waals surface area (Å²) in [7, 11) is 0. The highest BCUT2D eigenvalue weighted by Crippen LogP contribution is 2.24. The van der Waals surface area contributed by atoms with Crippen molar-refractivity contribution in [3.05, 3.63) is 41.4 Å². The zero-order valence-corrected chi connectivity index (χ0v) is 15.6. The minimum absolute atomic E-state index is 0.0142. The van der Waals surface area contributed by atoms with E-state index < -0.39 is 0 Å². The Labute approximate surface area is 156 Å². The number of carbonyl (C=O) groups is 2. The third-order valence-corrected chi connectivity index (χ3v) is 5.20. The lowest BCUT2D eigenvalue weighted by atomic mass is 10.1. The maximum atomic E-state index is 12.5. The molecule has 138 valence electrons. The number of aromatic nitrogens is 2. The minimum atomic E-state index is -0.290. The molecule has 2 aromatic rings. The molecule has 0 saturated carbocycles. The van der Waals surface area contributed by atoms with E-state index in [2.05, 4.69) is 15.5 Å². The van der Waals surface area contributed by atoms with Crippen molar-refractivity contribution in [3.63, 3.8) is 0 Å². The van der Waals surface area contributed by atoms with Gasteiger partial charge in [-0.1, -0.05) is 16.9 Å². The van der Waals surface area contributed by atoms with Crippen LogP contribution in [0.25, 0.3) is 0 Å². The van der Waals surface area contributed by atoms with Gasteiger partial charge in [0.25, 0.3) is 5.91 Å². The first-order valence-corrected chi connectivity index (χ1v) is 9.68. The first kappa shape index (κ1) is 18.4. The lowest BCUT2D eigenvalue weighted by molar-refractivity contribution is -0.130. The number of nitrogens with one attached hydrogen (secondary N) is 1. The quantitative estimate of drug-likeness (QED) is 0.781. The number of thioether (sulfide) groups is 1. The topological polar surface area (TPSA) is 88.3 Å². The molecule has 0 aromatic carbocycles. The summed E-state index contributed by atoms with van der Waals surface area (Å²) in [6, 6.07) is 5.28. The van der Waals surface area contributed by atoms with Gasteiger partial charge in [0, 0.05) is 31.1 Å². The van der Waals surface area contributed by atoms with Gasteiger partial charge in [0.05, 0.1) is 17.8 Å². The Kier molecular flexibility index (Phi) is 6.27. The molecule has 0 bridgehead atoms. The normalized spacial score (nSPS) is 14.3. The van der Waals surface area contributed by atoms with Crippen LogP contribution >= 0.6 is 11.8 Å². The predicted octanol–water partition coefficient (Wildman–Crippen LogP) is 2.41. The molecule has 1 fully saturated rings. The van der Waals surface area contributed by atoms with Crippen molar-refractivity contribution in [2.24, 2.45) is 0 Å². The molecule has 2 amide bonds. The largest absolute Gasteiger partial charge is 0.361 e. The van der Waals surface area contributed by atoms with Crippen molar-refractivity contribution in [1.82, 2.24) is 20.4 Å². The van der Waals surface area contributed by atoms with Crippen molar-refractivity contribution in [3.8, 4) is 0 Å². The molecule has 1 N–H and O–H groups in total. The number of pyridine rings is 1. The lowest BCUT2D eigenvalue weighted by Gasteiger charge is -2.26. The number of hydrogen-bond acceptors (Lipinski definition) is 6. The van der Waals surface area contributed by atoms with Crippen LogP contribution in [0.2, 0.25) is 0 Å². The van der Waals surface area contributed by atoms with Crippen molar-refractivity contribution in [2.75, 3.05) is 19.6 Å². The zero-order valence-electron chi connectivity index (χ0n) is 14.7. The first-order chi connectivity index (χ1) is 12.6. The molecule has 0 spiro atoms. The standard InChI is InChI=1S/C18H22N4O3S/c1-13-10-14(21-25-13)12-26-18-15(6-5-7-19-18)17(24)20-11-16(23)22-8-3-2-4-9-22/h5-7,10H,2-4,8-9,11-12H2,1H3,(H,20,24). The molecule has 1 aliphatic heterocycles. The molecule has 7 nitrogen and oxygen atoms in total. The molecule has 0 atom stereocenters. The summed E-state index contributed by atoms with van der Waals surface area (Å²) in [5, 5.41) is 7.27. The number of likely N-dealkylation sites (tertiary alicyclic amines) is 1. The Balaban J connectivity index is 1.57. The molecule has 0 radical (unpaired) electrons. The molecule has 8 heteroatoms. The van der Waals surface area contributed by atoms with Gasteiger partial charge in [0.2, 0.25) is 5.91 Å². The molecule has 0 aliphatic carbocycles. The summed E-state index contributed by atoms with van der Waals surface area (Å²) >= 11 is 1.41. The third kappa shape index (κ3) is 4.85. The monoisotopic (exact) mass is 374 g/mol. The average molecular weight is 374 g/mol. The van der Waals surface area contributed by atoms with Crippen LogP contribution in [0.4, 0.5) is 0 Å². The maximum absolute atomic E-state index is 12.5. The van der Waals surface area contributed by atoms with Crippen LogP contribution < -0.4 is 5.32 Å². The second-order valence-electron chi connectivity index (χ2n) is 6.20. The van der Waals surface area contributed by atoms with Crippen LogP contribution in [0.15, 0.2) is 33.9 Å². The Morgan fingerprint density at radius 2 is 2.12 bits per heavy atom. The summed E-state index contributed by atoms with van der Waals surface area (Å²) in [4.78, 5) is 30.8. The molecule has 3 heterocycles. The highest BCUT2D eigenvalue weighted by atomic mass is 32.2. The summed E-state index contributed by atoms with van der Waals surface area (Å²) in [5.74, 6) is 0.980. The number of amides is 2. The van der Waals surface area contributed by atoms with E-state index in [0.717, 1.165) is 43.8 Å². The van der Waals surface area contributed by atoms with Gasteiger partial charge in [-0.3, -0.25) is 9.59 Å². The lowest BCUT2D eigenvalue weighted by Crippen LogP contribution is -2.42. The van der Waals surface area contributed by atoms with Crippen LogP contribution in [-0.4, -0.2) is 46.5 Å². The number of hydrogen-bond donors (Lipinski definition) is 1. The van der Waals surface area contributed by atoms with E-state index in [1.54, 1.807) is 18.3 Å². The second kappa shape index (κ2) is 8.84. The zero-order chi connectivity index (χ0) is 18.4. The Bertz CT molecular complexity index is 771. The summed E-state index contributed by atoms with van der Waals surface area (Å²) in [6.07, 6.45) is 4.87. The van der Waals surface area contributed by atoms with Gasteiger partial charge < -0.3 is 14.7 Å². The van der Waals surface area contributed by atoms with Gasteiger partial charge in [-0.15, -0.1) is 0 Å². The molecule has 26 heavy (non-hydrogen) atoms. The van der Waals surface area contributed by atoms with Crippen LogP contribution in [0.1, 0.15) is 41.1 Å². The van der Waals surface area contributed by atoms with Crippen molar-refractivity contribution < 1.29 is 14.1 Å². The third-order valence-electron chi connectivity index (χ3n) is 4.16. The Morgan fingerprint density at radius 3 is 2.85 bits per heavy atom. The fraction of sp³-hybridized carbons (Fsp3) is 0.444. The van der Waals surface area contributed by atoms with Gasteiger partial charge in [-0.2, -0.15) is 0 Å². The second-order valence-corrected chi connectivity index (χ2v) is 7.16. The molecule has 2 aromatic heterocycles. The summed E-state index contributed by atoms with van der Waals surface area (Å²) < 4.78 is 5.05. The van der Waals surface area contributed by atoms with E-state index in [4.69, 9.17) is 4.52 Å². The van der Waals surface area contributed by atoms with Crippen LogP contribution in [0, 0.1) is 6.92 Å². The van der Waals surface area contributed by atoms with Crippen LogP contribution in [0.5, 0.6) is 0 Å². The molecule has 0 unspecified atom stereocenters. The van der Waals surface area contributed by atoms with Crippen molar-refractivity contribution in [1.29, 1.82) is 0 Å². The first-order valence-electron chi connectivity index (χ1n) is 8.69. The van der Waals surface area contributed by atoms with Crippen LogP contribution in [-0.2, 0) is 10.5 Å². The van der Waals surface area contributed by atoms with Gasteiger partial charge >= 0.3 is 0 Å². The Morgan fingerprint density at radius 1 is 1.31 bits per heavy atom. The summed E-state index contributed by atoms with van der Waals surface area (Å²) in [5.41, 5.74) is 1.26. The number of nitrogens with zero attached hydrogens (tertiary/aromatic N) is 3. The Hall–Kier alpha value is -2.35. The van der Waals surface area contributed by atoms with E-state index in [1.807, 2.05) is 17.9 Å². The van der Waals surface area contributed by atoms with E-state index in [0.29, 0.717) is 16.3 Å². The van der Waals surface area contributed by atoms with Crippen LogP contribution in [0.3, 0.4) is 0 Å². The highest BCUT2D eigenvalue weighted by molar-refractivity contribution is 7.98. The fourth-order valence-corrected chi connectivity index (χ4v) is 3.69. The number of rotatable bonds is 6. The van der Waals surface area contributed by atoms with Gasteiger partial charge in [0.1, 0.15) is 10.8 Å². The van der Waals surface area contributed by atoms with Gasteiger partial charge in [-0.25, -0.2) is 4.98 Å². The average Bonchev–Trinajstić information content (AvgIpc) is 3.10.